The zero-order valence-electron chi connectivity index (χ0n) is 11.7. The van der Waals surface area contributed by atoms with Crippen molar-refractivity contribution in [2.24, 2.45) is 0 Å². The molecule has 0 aliphatic heterocycles. The summed E-state index contributed by atoms with van der Waals surface area (Å²) in [6.45, 7) is 5.66. The molecule has 0 fully saturated rings. The zero-order chi connectivity index (χ0) is 14.4. The molecule has 1 aromatic rings. The maximum Gasteiger partial charge on any atom is 0.330 e. The van der Waals surface area contributed by atoms with Crippen LogP contribution in [0.2, 0.25) is 0 Å². The van der Waals surface area contributed by atoms with Gasteiger partial charge >= 0.3 is 5.97 Å². The molecule has 0 spiro atoms. The third kappa shape index (κ3) is 4.99. The van der Waals surface area contributed by atoms with Crippen molar-refractivity contribution in [2.75, 3.05) is 19.0 Å². The molecule has 0 aliphatic carbocycles. The second-order valence-electron chi connectivity index (χ2n) is 4.53. The molecule has 0 bridgehead atoms. The van der Waals surface area contributed by atoms with E-state index in [4.69, 9.17) is 0 Å². The van der Waals surface area contributed by atoms with Gasteiger partial charge in [-0.1, -0.05) is 6.07 Å². The Hall–Kier alpha value is -2.04. The van der Waals surface area contributed by atoms with E-state index in [2.05, 4.69) is 21.4 Å². The molecule has 2 N–H and O–H groups in total. The van der Waals surface area contributed by atoms with E-state index in [1.54, 1.807) is 0 Å². The van der Waals surface area contributed by atoms with Crippen LogP contribution in [0.5, 0.6) is 0 Å². The van der Waals surface area contributed by atoms with Crippen molar-refractivity contribution < 1.29 is 14.3 Å². The number of rotatable bonds is 5. The van der Waals surface area contributed by atoms with Crippen LogP contribution in [0.25, 0.3) is 0 Å². The predicted molar refractivity (Wildman–Crippen MR) is 74.0 cm³/mol. The smallest absolute Gasteiger partial charge is 0.330 e. The van der Waals surface area contributed by atoms with Crippen molar-refractivity contribution in [3.63, 3.8) is 0 Å². The fourth-order valence-corrected chi connectivity index (χ4v) is 1.88. The Labute approximate surface area is 113 Å². The van der Waals surface area contributed by atoms with Gasteiger partial charge in [-0.05, 0) is 37.1 Å². The third-order valence-electron chi connectivity index (χ3n) is 2.60. The number of anilines is 1. The van der Waals surface area contributed by atoms with E-state index >= 15 is 0 Å². The third-order valence-corrected chi connectivity index (χ3v) is 2.60. The van der Waals surface area contributed by atoms with E-state index in [1.807, 2.05) is 26.0 Å². The lowest BCUT2D eigenvalue weighted by Gasteiger charge is -2.17. The summed E-state index contributed by atoms with van der Waals surface area (Å²) < 4.78 is 4.66. The van der Waals surface area contributed by atoms with Crippen molar-refractivity contribution in [3.8, 4) is 0 Å². The number of methoxy groups -OCH3 is 1. The molecule has 1 aromatic carbocycles. The molecular weight excluding hydrogens is 244 g/mol. The molecule has 1 amide bonds. The molecule has 0 heterocycles. The minimum absolute atomic E-state index is 0.266. The first-order chi connectivity index (χ1) is 8.92. The molecule has 5 nitrogen and oxygen atoms in total. The first kappa shape index (κ1) is 15.0. The van der Waals surface area contributed by atoms with Gasteiger partial charge in [0.25, 0.3) is 0 Å². The molecule has 1 unspecified atom stereocenters. The van der Waals surface area contributed by atoms with Crippen LogP contribution >= 0.6 is 0 Å². The Balaban J connectivity index is 2.69. The average Bonchev–Trinajstić information content (AvgIpc) is 2.31. The van der Waals surface area contributed by atoms with Gasteiger partial charge in [0.1, 0.15) is 6.04 Å². The molecule has 0 aliphatic rings. The van der Waals surface area contributed by atoms with Crippen LogP contribution in [0.4, 0.5) is 5.69 Å². The van der Waals surface area contributed by atoms with E-state index in [0.717, 1.165) is 16.8 Å². The minimum atomic E-state index is -0.691. The topological polar surface area (TPSA) is 67.4 Å². The summed E-state index contributed by atoms with van der Waals surface area (Å²) in [5.41, 5.74) is 3.19. The largest absolute Gasteiger partial charge is 0.467 e. The van der Waals surface area contributed by atoms with Crippen LogP contribution in [0, 0.1) is 13.8 Å². The van der Waals surface area contributed by atoms with Crippen molar-refractivity contribution in [2.45, 2.75) is 26.8 Å². The molecule has 104 valence electrons. The van der Waals surface area contributed by atoms with Gasteiger partial charge in [-0.2, -0.15) is 0 Å². The van der Waals surface area contributed by atoms with Gasteiger partial charge in [0.15, 0.2) is 0 Å². The quantitative estimate of drug-likeness (QED) is 0.789. The lowest BCUT2D eigenvalue weighted by Crippen LogP contribution is -2.45. The van der Waals surface area contributed by atoms with E-state index in [1.165, 1.54) is 14.0 Å². The second-order valence-corrected chi connectivity index (χ2v) is 4.53. The Bertz CT molecular complexity index is 452. The Morgan fingerprint density at radius 3 is 2.26 bits per heavy atom. The summed E-state index contributed by atoms with van der Waals surface area (Å²) in [4.78, 5) is 22.6. The molecule has 0 saturated heterocycles. The number of hydrogen-bond acceptors (Lipinski definition) is 4. The van der Waals surface area contributed by atoms with Gasteiger partial charge in [0.2, 0.25) is 5.91 Å². The fourth-order valence-electron chi connectivity index (χ4n) is 1.88. The van der Waals surface area contributed by atoms with E-state index < -0.39 is 12.0 Å². The van der Waals surface area contributed by atoms with Crippen LogP contribution in [0.3, 0.4) is 0 Å². The SMILES string of the molecule is COC(=O)C(CNc1cc(C)cc(C)c1)NC(C)=O. The van der Waals surface area contributed by atoms with Crippen molar-refractivity contribution in [3.05, 3.63) is 29.3 Å². The first-order valence-electron chi connectivity index (χ1n) is 6.09. The molecule has 1 atom stereocenters. The summed E-state index contributed by atoms with van der Waals surface area (Å²) in [5.74, 6) is -0.732. The standard InChI is InChI=1S/C14H20N2O3/c1-9-5-10(2)7-12(6-9)15-8-13(14(18)19-4)16-11(3)17/h5-7,13,15H,8H2,1-4H3,(H,16,17). The van der Waals surface area contributed by atoms with E-state index in [0.29, 0.717) is 0 Å². The summed E-state index contributed by atoms with van der Waals surface area (Å²) >= 11 is 0. The fraction of sp³-hybridized carbons (Fsp3) is 0.429. The highest BCUT2D eigenvalue weighted by atomic mass is 16.5. The number of carbonyl (C=O) groups is 2. The molecule has 19 heavy (non-hydrogen) atoms. The van der Waals surface area contributed by atoms with Gasteiger partial charge in [-0.3, -0.25) is 4.79 Å². The highest BCUT2D eigenvalue weighted by Gasteiger charge is 2.19. The number of amides is 1. The van der Waals surface area contributed by atoms with Gasteiger partial charge in [0.05, 0.1) is 7.11 Å². The molecular formula is C14H20N2O3. The summed E-state index contributed by atoms with van der Waals surface area (Å²) in [6, 6.07) is 5.34. The highest BCUT2D eigenvalue weighted by Crippen LogP contribution is 2.13. The average molecular weight is 264 g/mol. The first-order valence-corrected chi connectivity index (χ1v) is 6.09. The summed E-state index contributed by atoms with van der Waals surface area (Å²) in [5, 5.41) is 5.69. The zero-order valence-corrected chi connectivity index (χ0v) is 11.7. The summed E-state index contributed by atoms with van der Waals surface area (Å²) in [6.07, 6.45) is 0. The number of hydrogen-bond donors (Lipinski definition) is 2. The van der Waals surface area contributed by atoms with Crippen molar-refractivity contribution in [1.29, 1.82) is 0 Å². The number of carbonyl (C=O) groups excluding carboxylic acids is 2. The number of aryl methyl sites for hydroxylation is 2. The Kier molecular flexibility index (Phi) is 5.36. The van der Waals surface area contributed by atoms with Crippen LogP contribution in [-0.2, 0) is 14.3 Å². The lowest BCUT2D eigenvalue weighted by atomic mass is 10.1. The van der Waals surface area contributed by atoms with Gasteiger partial charge in [-0.25, -0.2) is 4.79 Å². The highest BCUT2D eigenvalue weighted by molar-refractivity contribution is 5.83. The monoisotopic (exact) mass is 264 g/mol. The van der Waals surface area contributed by atoms with Gasteiger partial charge < -0.3 is 15.4 Å². The maximum atomic E-state index is 11.5. The van der Waals surface area contributed by atoms with Crippen LogP contribution in [0.15, 0.2) is 18.2 Å². The Morgan fingerprint density at radius 1 is 1.21 bits per heavy atom. The van der Waals surface area contributed by atoms with Crippen molar-refractivity contribution in [1.82, 2.24) is 5.32 Å². The molecule has 5 heteroatoms. The Morgan fingerprint density at radius 2 is 1.79 bits per heavy atom. The van der Waals surface area contributed by atoms with Crippen LogP contribution < -0.4 is 10.6 Å². The number of ether oxygens (including phenoxy) is 1. The normalized spacial score (nSPS) is 11.6. The lowest BCUT2D eigenvalue weighted by molar-refractivity contribution is -0.144. The van der Waals surface area contributed by atoms with Crippen LogP contribution in [0.1, 0.15) is 18.1 Å². The summed E-state index contributed by atoms with van der Waals surface area (Å²) in [7, 11) is 1.30. The number of benzene rings is 1. The molecule has 0 aromatic heterocycles. The van der Waals surface area contributed by atoms with Gasteiger partial charge in [0, 0.05) is 19.2 Å². The van der Waals surface area contributed by atoms with Crippen molar-refractivity contribution >= 4 is 17.6 Å². The molecule has 0 saturated carbocycles. The number of nitrogens with one attached hydrogen (secondary N) is 2. The van der Waals surface area contributed by atoms with Crippen LogP contribution in [-0.4, -0.2) is 31.6 Å². The second kappa shape index (κ2) is 6.78. The van der Waals surface area contributed by atoms with E-state index in [9.17, 15) is 9.59 Å². The molecule has 0 radical (unpaired) electrons. The maximum absolute atomic E-state index is 11.5. The molecule has 1 rings (SSSR count). The minimum Gasteiger partial charge on any atom is -0.467 e. The number of esters is 1. The van der Waals surface area contributed by atoms with Gasteiger partial charge in [-0.15, -0.1) is 0 Å². The van der Waals surface area contributed by atoms with E-state index in [-0.39, 0.29) is 12.5 Å². The predicted octanol–water partition coefficient (Wildman–Crippen LogP) is 1.39.